The van der Waals surface area contributed by atoms with Crippen LogP contribution in [0.2, 0.25) is 0 Å². The van der Waals surface area contributed by atoms with E-state index < -0.39 is 0 Å². The summed E-state index contributed by atoms with van der Waals surface area (Å²) in [5.41, 5.74) is 7.69. The number of nitrogens with zero attached hydrogens (tertiary/aromatic N) is 1. The Bertz CT molecular complexity index is 615. The van der Waals surface area contributed by atoms with Crippen LogP contribution < -0.4 is 0 Å². The first kappa shape index (κ1) is 16.2. The summed E-state index contributed by atoms with van der Waals surface area (Å²) in [5.74, 6) is 0. The Balaban J connectivity index is 2.13. The molecular weight excluding hydrogens is 282 g/mol. The number of aliphatic hydroxyl groups excluding tert-OH is 1. The fourth-order valence-electron chi connectivity index (χ4n) is 3.98. The van der Waals surface area contributed by atoms with Crippen LogP contribution in [-0.4, -0.2) is 22.8 Å². The lowest BCUT2D eigenvalue weighted by Gasteiger charge is -2.32. The average Bonchev–Trinajstić information content (AvgIpc) is 2.83. The summed E-state index contributed by atoms with van der Waals surface area (Å²) in [7, 11) is 0. The molecule has 0 aromatic heterocycles. The quantitative estimate of drug-likeness (QED) is 0.907. The van der Waals surface area contributed by atoms with Gasteiger partial charge in [-0.2, -0.15) is 0 Å². The van der Waals surface area contributed by atoms with Gasteiger partial charge in [-0.05, 0) is 51.7 Å². The van der Waals surface area contributed by atoms with Crippen molar-refractivity contribution in [2.24, 2.45) is 0 Å². The fraction of sp³-hybridized carbons (Fsp3) is 0.429. The third kappa shape index (κ3) is 3.49. The molecule has 2 aromatic rings. The van der Waals surface area contributed by atoms with Gasteiger partial charge in [0.05, 0.1) is 6.04 Å². The predicted octanol–water partition coefficient (Wildman–Crippen LogP) is 4.42. The zero-order valence-electron chi connectivity index (χ0n) is 14.6. The van der Waals surface area contributed by atoms with Crippen LogP contribution in [0.5, 0.6) is 0 Å². The monoisotopic (exact) mass is 309 g/mol. The van der Waals surface area contributed by atoms with Gasteiger partial charge in [-0.3, -0.25) is 4.90 Å². The maximum Gasteiger partial charge on any atom is 0.108 e. The lowest BCUT2D eigenvalue weighted by molar-refractivity contribution is 0.0182. The first-order valence-electron chi connectivity index (χ1n) is 8.54. The highest BCUT2D eigenvalue weighted by molar-refractivity contribution is 5.40. The number of hydrogen-bond acceptors (Lipinski definition) is 2. The van der Waals surface area contributed by atoms with Crippen molar-refractivity contribution < 1.29 is 5.11 Å². The van der Waals surface area contributed by atoms with Gasteiger partial charge in [0.25, 0.3) is 0 Å². The molecule has 1 N–H and O–H groups in total. The number of likely N-dealkylation sites (tertiary alicyclic amines) is 1. The minimum atomic E-state index is -0.346. The summed E-state index contributed by atoms with van der Waals surface area (Å²) in [5, 5.41) is 10.5. The van der Waals surface area contributed by atoms with Crippen LogP contribution in [0.1, 0.15) is 52.3 Å². The zero-order chi connectivity index (χ0) is 16.6. The molecule has 2 aromatic carbocycles. The van der Waals surface area contributed by atoms with E-state index in [1.165, 1.54) is 33.4 Å². The first-order valence-corrected chi connectivity index (χ1v) is 8.54. The van der Waals surface area contributed by atoms with Crippen molar-refractivity contribution >= 4 is 0 Å². The Morgan fingerprint density at radius 1 is 0.826 bits per heavy atom. The van der Waals surface area contributed by atoms with E-state index in [4.69, 9.17) is 0 Å². The fourth-order valence-corrected chi connectivity index (χ4v) is 3.98. The molecule has 1 saturated heterocycles. The van der Waals surface area contributed by atoms with Gasteiger partial charge >= 0.3 is 0 Å². The number of aliphatic hydroxyl groups is 1. The second kappa shape index (κ2) is 6.46. The molecular formula is C21H27NO. The van der Waals surface area contributed by atoms with Crippen LogP contribution in [0.15, 0.2) is 36.4 Å². The molecule has 0 radical (unpaired) electrons. The van der Waals surface area contributed by atoms with Crippen LogP contribution in [0, 0.1) is 27.7 Å². The van der Waals surface area contributed by atoms with Crippen LogP contribution in [-0.2, 0) is 0 Å². The Kier molecular flexibility index (Phi) is 4.56. The highest BCUT2D eigenvalue weighted by Gasteiger charge is 2.31. The molecule has 3 rings (SSSR count). The van der Waals surface area contributed by atoms with E-state index in [-0.39, 0.29) is 12.3 Å². The summed E-state index contributed by atoms with van der Waals surface area (Å²) in [6.07, 6.45) is 1.58. The highest BCUT2D eigenvalue weighted by Crippen LogP contribution is 2.35. The van der Waals surface area contributed by atoms with E-state index in [0.29, 0.717) is 0 Å². The summed E-state index contributed by atoms with van der Waals surface area (Å²) in [6, 6.07) is 13.6. The van der Waals surface area contributed by atoms with Gasteiger partial charge in [0, 0.05) is 6.54 Å². The zero-order valence-corrected chi connectivity index (χ0v) is 14.6. The molecule has 0 aliphatic carbocycles. The second-order valence-electron chi connectivity index (χ2n) is 7.11. The largest absolute Gasteiger partial charge is 0.378 e. The van der Waals surface area contributed by atoms with Gasteiger partial charge in [-0.15, -0.1) is 0 Å². The molecule has 0 amide bonds. The summed E-state index contributed by atoms with van der Waals surface area (Å²) >= 11 is 0. The topological polar surface area (TPSA) is 23.5 Å². The standard InChI is InChI=1S/C21H27NO/c1-14-8-15(2)11-18(10-14)21(22-7-5-6-20(22)23)19-12-16(3)9-17(4)13-19/h8-13,20-21,23H,5-7H2,1-4H3. The number of aryl methyl sites for hydroxylation is 4. The van der Waals surface area contributed by atoms with Gasteiger partial charge in [0.15, 0.2) is 0 Å². The number of rotatable bonds is 3. The minimum Gasteiger partial charge on any atom is -0.378 e. The van der Waals surface area contributed by atoms with E-state index in [0.717, 1.165) is 19.4 Å². The first-order chi connectivity index (χ1) is 10.9. The van der Waals surface area contributed by atoms with Crippen LogP contribution in [0.4, 0.5) is 0 Å². The molecule has 0 bridgehead atoms. The van der Waals surface area contributed by atoms with Gasteiger partial charge in [0.2, 0.25) is 0 Å². The Morgan fingerprint density at radius 3 is 1.61 bits per heavy atom. The number of benzene rings is 2. The predicted molar refractivity (Wildman–Crippen MR) is 95.6 cm³/mol. The van der Waals surface area contributed by atoms with E-state index >= 15 is 0 Å². The minimum absolute atomic E-state index is 0.129. The molecule has 0 spiro atoms. The molecule has 1 aliphatic heterocycles. The van der Waals surface area contributed by atoms with Crippen molar-refractivity contribution in [3.8, 4) is 0 Å². The van der Waals surface area contributed by atoms with Crippen LogP contribution in [0.25, 0.3) is 0 Å². The van der Waals surface area contributed by atoms with Crippen LogP contribution >= 0.6 is 0 Å². The number of hydrogen-bond donors (Lipinski definition) is 1. The molecule has 2 heteroatoms. The summed E-state index contributed by atoms with van der Waals surface area (Å²) in [6.45, 7) is 9.54. The third-order valence-electron chi connectivity index (χ3n) is 4.71. The van der Waals surface area contributed by atoms with Crippen molar-refractivity contribution in [1.29, 1.82) is 0 Å². The molecule has 2 nitrogen and oxygen atoms in total. The van der Waals surface area contributed by atoms with Crippen molar-refractivity contribution in [1.82, 2.24) is 4.90 Å². The maximum atomic E-state index is 10.5. The van der Waals surface area contributed by atoms with E-state index in [1.807, 2.05) is 0 Å². The van der Waals surface area contributed by atoms with Gasteiger partial charge in [0.1, 0.15) is 6.23 Å². The Morgan fingerprint density at radius 2 is 1.26 bits per heavy atom. The molecule has 1 unspecified atom stereocenters. The van der Waals surface area contributed by atoms with Gasteiger partial charge < -0.3 is 5.11 Å². The summed E-state index contributed by atoms with van der Waals surface area (Å²) < 4.78 is 0. The SMILES string of the molecule is Cc1cc(C)cc(C(c2cc(C)cc(C)c2)N2CCCC2O)c1. The molecule has 1 fully saturated rings. The van der Waals surface area contributed by atoms with E-state index in [2.05, 4.69) is 69.0 Å². The molecule has 122 valence electrons. The molecule has 0 saturated carbocycles. The van der Waals surface area contributed by atoms with Crippen molar-refractivity contribution in [3.05, 3.63) is 69.8 Å². The Hall–Kier alpha value is -1.64. The molecule has 23 heavy (non-hydrogen) atoms. The van der Waals surface area contributed by atoms with Gasteiger partial charge in [-0.1, -0.05) is 58.7 Å². The average molecular weight is 309 g/mol. The normalized spacial score (nSPS) is 18.8. The summed E-state index contributed by atoms with van der Waals surface area (Å²) in [4.78, 5) is 2.25. The Labute approximate surface area is 139 Å². The lowest BCUT2D eigenvalue weighted by atomic mass is 9.92. The molecule has 1 aliphatic rings. The maximum absolute atomic E-state index is 10.5. The molecule has 1 heterocycles. The smallest absolute Gasteiger partial charge is 0.108 e. The third-order valence-corrected chi connectivity index (χ3v) is 4.71. The lowest BCUT2D eigenvalue weighted by Crippen LogP contribution is -2.34. The molecule has 1 atom stereocenters. The van der Waals surface area contributed by atoms with Crippen LogP contribution in [0.3, 0.4) is 0 Å². The second-order valence-corrected chi connectivity index (χ2v) is 7.11. The van der Waals surface area contributed by atoms with Crippen molar-refractivity contribution in [3.63, 3.8) is 0 Å². The van der Waals surface area contributed by atoms with Crippen molar-refractivity contribution in [2.75, 3.05) is 6.54 Å². The van der Waals surface area contributed by atoms with E-state index in [1.54, 1.807) is 0 Å². The highest BCUT2D eigenvalue weighted by atomic mass is 16.3. The van der Waals surface area contributed by atoms with E-state index in [9.17, 15) is 5.11 Å². The van der Waals surface area contributed by atoms with Gasteiger partial charge in [-0.25, -0.2) is 0 Å². The van der Waals surface area contributed by atoms with Crippen molar-refractivity contribution in [2.45, 2.75) is 52.8 Å².